The van der Waals surface area contributed by atoms with Crippen molar-refractivity contribution in [1.82, 2.24) is 20.2 Å². The number of nitrogens with one attached hydrogen (secondary N) is 2. The highest BCUT2D eigenvalue weighted by Crippen LogP contribution is 2.40. The number of amides is 2. The molecule has 1 aromatic heterocycles. The maximum absolute atomic E-state index is 13.3. The van der Waals surface area contributed by atoms with Gasteiger partial charge in [0, 0.05) is 49.6 Å². The molecule has 0 spiro atoms. The third-order valence-electron chi connectivity index (χ3n) is 3.83. The van der Waals surface area contributed by atoms with E-state index in [0.717, 1.165) is 9.46 Å². The molecule has 1 heterocycles. The fourth-order valence-electron chi connectivity index (χ4n) is 2.41. The summed E-state index contributed by atoms with van der Waals surface area (Å²) >= 11 is 1.55. The number of halogens is 3. The third kappa shape index (κ3) is 5.64. The molecule has 10 heteroatoms. The molecule has 1 unspecified atom stereocenters. The van der Waals surface area contributed by atoms with Crippen molar-refractivity contribution in [2.75, 3.05) is 18.8 Å². The number of hydrogen-bond acceptors (Lipinski definition) is 4. The monoisotopic (exact) mass is 402 g/mol. The van der Waals surface area contributed by atoms with E-state index in [9.17, 15) is 23.1 Å². The highest BCUT2D eigenvalue weighted by molar-refractivity contribution is 7.99. The first-order chi connectivity index (χ1) is 12.7. The number of imidazole rings is 1. The fourth-order valence-corrected chi connectivity index (χ4v) is 3.20. The Bertz CT molecular complexity index is 739. The Morgan fingerprint density at radius 1 is 1.22 bits per heavy atom. The van der Waals surface area contributed by atoms with E-state index in [1.165, 1.54) is 19.4 Å². The van der Waals surface area contributed by atoms with Gasteiger partial charge in [0.25, 0.3) is 0 Å². The smallest absolute Gasteiger partial charge is 0.374 e. The summed E-state index contributed by atoms with van der Waals surface area (Å²) in [5.41, 5.74) is -3.14. The van der Waals surface area contributed by atoms with Crippen molar-refractivity contribution in [2.45, 2.75) is 23.1 Å². The molecule has 27 heavy (non-hydrogen) atoms. The van der Waals surface area contributed by atoms with Crippen LogP contribution in [-0.2, 0) is 12.6 Å². The molecule has 2 amide bonds. The lowest BCUT2D eigenvalue weighted by molar-refractivity contribution is -0.272. The number of aromatic nitrogens is 2. The quantitative estimate of drug-likeness (QED) is 0.469. The number of benzene rings is 1. The van der Waals surface area contributed by atoms with Crippen LogP contribution in [0.4, 0.5) is 18.0 Å². The maximum Gasteiger partial charge on any atom is 0.424 e. The van der Waals surface area contributed by atoms with Crippen LogP contribution in [0.2, 0.25) is 0 Å². The number of aliphatic hydroxyl groups is 1. The van der Waals surface area contributed by atoms with Gasteiger partial charge < -0.3 is 20.3 Å². The summed E-state index contributed by atoms with van der Waals surface area (Å²) < 4.78 is 41.1. The van der Waals surface area contributed by atoms with Crippen LogP contribution in [0.3, 0.4) is 0 Å². The Morgan fingerprint density at radius 2 is 1.89 bits per heavy atom. The lowest BCUT2D eigenvalue weighted by Gasteiger charge is -2.29. The Balaban J connectivity index is 1.77. The number of alkyl halides is 3. The van der Waals surface area contributed by atoms with Gasteiger partial charge in [0.2, 0.25) is 5.60 Å². The van der Waals surface area contributed by atoms with Crippen molar-refractivity contribution < 1.29 is 23.1 Å². The molecule has 3 N–H and O–H groups in total. The van der Waals surface area contributed by atoms with Crippen LogP contribution in [0.1, 0.15) is 12.2 Å². The van der Waals surface area contributed by atoms with E-state index >= 15 is 0 Å². The lowest BCUT2D eigenvalue weighted by Crippen LogP contribution is -2.47. The largest absolute Gasteiger partial charge is 0.424 e. The molecular weight excluding hydrogens is 381 g/mol. The second kappa shape index (κ2) is 9.14. The van der Waals surface area contributed by atoms with E-state index in [0.29, 0.717) is 12.3 Å². The standard InChI is InChI=1S/C17H21F3N4O2S/c1-24-11-9-21-14(24)16(26,17(18,19)20)7-8-22-15(25)23-10-12-27-13-5-3-2-4-6-13/h2-6,9,11,26H,7-8,10,12H2,1H3,(H2,22,23,25). The molecule has 1 atom stereocenters. The Kier molecular flexibility index (Phi) is 7.14. The summed E-state index contributed by atoms with van der Waals surface area (Å²) in [4.78, 5) is 16.4. The Labute approximate surface area is 159 Å². The summed E-state index contributed by atoms with van der Waals surface area (Å²) in [5.74, 6) is 0.105. The molecule has 0 fully saturated rings. The van der Waals surface area contributed by atoms with E-state index in [1.807, 2.05) is 30.3 Å². The number of urea groups is 1. The Morgan fingerprint density at radius 3 is 2.48 bits per heavy atom. The van der Waals surface area contributed by atoms with E-state index in [4.69, 9.17) is 0 Å². The lowest BCUT2D eigenvalue weighted by atomic mass is 9.97. The number of thioether (sulfide) groups is 1. The van der Waals surface area contributed by atoms with E-state index in [-0.39, 0.29) is 6.54 Å². The molecule has 1 aromatic carbocycles. The number of aryl methyl sites for hydroxylation is 1. The Hall–Kier alpha value is -2.20. The van der Waals surface area contributed by atoms with Crippen molar-refractivity contribution in [3.8, 4) is 0 Å². The summed E-state index contributed by atoms with van der Waals surface area (Å²) in [7, 11) is 1.36. The summed E-state index contributed by atoms with van der Waals surface area (Å²) in [6.07, 6.45) is -3.17. The van der Waals surface area contributed by atoms with Gasteiger partial charge in [-0.2, -0.15) is 13.2 Å². The molecule has 148 valence electrons. The van der Waals surface area contributed by atoms with Crippen LogP contribution >= 0.6 is 11.8 Å². The fraction of sp³-hybridized carbons (Fsp3) is 0.412. The predicted molar refractivity (Wildman–Crippen MR) is 96.3 cm³/mol. The number of rotatable bonds is 8. The molecule has 0 bridgehead atoms. The first-order valence-corrected chi connectivity index (χ1v) is 9.19. The second-order valence-electron chi connectivity index (χ2n) is 5.81. The van der Waals surface area contributed by atoms with Gasteiger partial charge in [-0.3, -0.25) is 0 Å². The molecule has 0 radical (unpaired) electrons. The average Bonchev–Trinajstić information content (AvgIpc) is 3.05. The molecule has 6 nitrogen and oxygen atoms in total. The van der Waals surface area contributed by atoms with Crippen molar-refractivity contribution in [3.63, 3.8) is 0 Å². The SMILES string of the molecule is Cn1ccnc1C(O)(CCNC(=O)NCCSc1ccccc1)C(F)(F)F. The summed E-state index contributed by atoms with van der Waals surface area (Å²) in [5, 5.41) is 15.1. The molecule has 0 aliphatic heterocycles. The van der Waals surface area contributed by atoms with E-state index < -0.39 is 30.1 Å². The van der Waals surface area contributed by atoms with Gasteiger partial charge in [0.1, 0.15) is 5.82 Å². The van der Waals surface area contributed by atoms with E-state index in [2.05, 4.69) is 15.6 Å². The molecule has 0 aliphatic rings. The zero-order valence-electron chi connectivity index (χ0n) is 14.7. The first kappa shape index (κ1) is 21.1. The van der Waals surface area contributed by atoms with Gasteiger partial charge in [-0.1, -0.05) is 18.2 Å². The van der Waals surface area contributed by atoms with Gasteiger partial charge >= 0.3 is 12.2 Å². The number of hydrogen-bond donors (Lipinski definition) is 3. The molecule has 2 rings (SSSR count). The van der Waals surface area contributed by atoms with Crippen LogP contribution in [0.25, 0.3) is 0 Å². The van der Waals surface area contributed by atoms with Gasteiger partial charge in [-0.25, -0.2) is 9.78 Å². The van der Waals surface area contributed by atoms with Gasteiger partial charge in [-0.15, -0.1) is 11.8 Å². The molecule has 2 aromatic rings. The molecule has 0 saturated heterocycles. The minimum atomic E-state index is -4.92. The van der Waals surface area contributed by atoms with Crippen molar-refractivity contribution in [2.24, 2.45) is 7.05 Å². The molecule has 0 saturated carbocycles. The van der Waals surface area contributed by atoms with Crippen LogP contribution in [0.15, 0.2) is 47.6 Å². The van der Waals surface area contributed by atoms with Crippen molar-refractivity contribution >= 4 is 17.8 Å². The maximum atomic E-state index is 13.3. The van der Waals surface area contributed by atoms with E-state index in [1.54, 1.807) is 11.8 Å². The van der Waals surface area contributed by atoms with Crippen LogP contribution in [0, 0.1) is 0 Å². The van der Waals surface area contributed by atoms with Crippen LogP contribution < -0.4 is 10.6 Å². The minimum Gasteiger partial charge on any atom is -0.374 e. The zero-order valence-corrected chi connectivity index (χ0v) is 15.5. The number of carbonyl (C=O) groups is 1. The van der Waals surface area contributed by atoms with Gasteiger partial charge in [0.05, 0.1) is 0 Å². The zero-order chi connectivity index (χ0) is 19.9. The second-order valence-corrected chi connectivity index (χ2v) is 6.98. The normalized spacial score (nSPS) is 13.8. The highest BCUT2D eigenvalue weighted by Gasteiger charge is 2.57. The number of nitrogens with zero attached hydrogens (tertiary/aromatic N) is 2. The van der Waals surface area contributed by atoms with Crippen molar-refractivity contribution in [1.29, 1.82) is 0 Å². The molecular formula is C17H21F3N4O2S. The molecule has 0 aliphatic carbocycles. The number of carbonyl (C=O) groups excluding carboxylic acids is 1. The van der Waals surface area contributed by atoms with Crippen molar-refractivity contribution in [3.05, 3.63) is 48.5 Å². The third-order valence-corrected chi connectivity index (χ3v) is 4.85. The minimum absolute atomic E-state index is 0.355. The highest BCUT2D eigenvalue weighted by atomic mass is 32.2. The topological polar surface area (TPSA) is 79.2 Å². The van der Waals surface area contributed by atoms with Crippen LogP contribution in [-0.4, -0.2) is 45.7 Å². The predicted octanol–water partition coefficient (Wildman–Crippen LogP) is 2.65. The van der Waals surface area contributed by atoms with Crippen LogP contribution in [0.5, 0.6) is 0 Å². The summed E-state index contributed by atoms with van der Waals surface area (Å²) in [6, 6.07) is 9.02. The van der Waals surface area contributed by atoms with Gasteiger partial charge in [0.15, 0.2) is 0 Å². The van der Waals surface area contributed by atoms with Gasteiger partial charge in [-0.05, 0) is 12.1 Å². The average molecular weight is 402 g/mol. The first-order valence-electron chi connectivity index (χ1n) is 8.20. The summed E-state index contributed by atoms with van der Waals surface area (Å²) in [6.45, 7) is -0.00513.